The molecule has 1 aromatic heterocycles. The van der Waals surface area contributed by atoms with Crippen molar-refractivity contribution in [1.29, 1.82) is 0 Å². The van der Waals surface area contributed by atoms with Crippen LogP contribution in [-0.2, 0) is 14.8 Å². The summed E-state index contributed by atoms with van der Waals surface area (Å²) in [7, 11) is -2.17. The summed E-state index contributed by atoms with van der Waals surface area (Å²) in [6.45, 7) is 19.6. The molecule has 6 nitrogen and oxygen atoms in total. The second kappa shape index (κ2) is 9.11. The lowest BCUT2D eigenvalue weighted by atomic mass is 9.91. The molecule has 0 atom stereocenters. The van der Waals surface area contributed by atoms with Crippen molar-refractivity contribution >= 4 is 14.4 Å². The third-order valence-electron chi connectivity index (χ3n) is 6.96. The maximum atomic E-state index is 13.8. The fourth-order valence-corrected chi connectivity index (χ4v) is 5.50. The molecule has 0 saturated carbocycles. The Kier molecular flexibility index (Phi) is 7.08. The number of hydrogen-bond acceptors (Lipinski definition) is 4. The normalized spacial score (nSPS) is 17.1. The third kappa shape index (κ3) is 5.71. The fraction of sp³-hybridized carbons (Fsp3) is 0.615. The predicted molar refractivity (Wildman–Crippen MR) is 136 cm³/mol. The highest BCUT2D eigenvalue weighted by molar-refractivity contribution is 6.74. The van der Waals surface area contributed by atoms with E-state index in [-0.39, 0.29) is 16.9 Å². The van der Waals surface area contributed by atoms with E-state index in [0.717, 1.165) is 17.1 Å². The smallest absolute Gasteiger partial charge is 0.410 e. The minimum Gasteiger partial charge on any atom is -0.444 e. The lowest BCUT2D eigenvalue weighted by Gasteiger charge is -2.48. The van der Waals surface area contributed by atoms with Gasteiger partial charge in [0.05, 0.1) is 11.9 Å². The van der Waals surface area contributed by atoms with E-state index in [9.17, 15) is 9.18 Å². The van der Waals surface area contributed by atoms with Crippen molar-refractivity contribution in [2.24, 2.45) is 0 Å². The number of carbonyl (C=O) groups excluding carboxylic acids is 1. The van der Waals surface area contributed by atoms with E-state index in [2.05, 4.69) is 38.8 Å². The number of nitrogens with zero attached hydrogens (tertiary/aromatic N) is 2. The summed E-state index contributed by atoms with van der Waals surface area (Å²) in [5.74, 6) is 0.536. The van der Waals surface area contributed by atoms with Crippen LogP contribution in [0.1, 0.15) is 65.8 Å². The number of imidazole rings is 1. The van der Waals surface area contributed by atoms with Gasteiger partial charge in [0, 0.05) is 31.5 Å². The number of rotatable bonds is 4. The van der Waals surface area contributed by atoms with Crippen molar-refractivity contribution < 1.29 is 18.3 Å². The Labute approximate surface area is 204 Å². The standard InChI is InChI=1S/C26H40FN3O3Si/c1-18-16-19(10-11-20(18)27)21-17-28-22(29-21)26(33-34(8,9)25(5,6)7)12-14-30(15-13-26)23(31)32-24(2,3)4/h10-11,16-17H,12-15H2,1-9H3,(H,28,29). The molecule has 1 N–H and O–H groups in total. The number of aromatic amines is 1. The minimum absolute atomic E-state index is 0.0196. The molecule has 1 fully saturated rings. The first-order chi connectivity index (χ1) is 15.5. The molecule has 1 aliphatic rings. The van der Waals surface area contributed by atoms with Crippen LogP contribution in [0.15, 0.2) is 24.4 Å². The highest BCUT2D eigenvalue weighted by Gasteiger charge is 2.49. The van der Waals surface area contributed by atoms with E-state index in [0.29, 0.717) is 31.5 Å². The molecule has 0 unspecified atom stereocenters. The summed E-state index contributed by atoms with van der Waals surface area (Å²) in [5, 5.41) is 0.0196. The van der Waals surface area contributed by atoms with Gasteiger partial charge in [-0.25, -0.2) is 14.2 Å². The molecule has 0 aliphatic carbocycles. The van der Waals surface area contributed by atoms with Crippen LogP contribution in [0.3, 0.4) is 0 Å². The summed E-state index contributed by atoms with van der Waals surface area (Å²) in [5.41, 5.74) is 1.13. The predicted octanol–water partition coefficient (Wildman–Crippen LogP) is 6.77. The van der Waals surface area contributed by atoms with Crippen molar-refractivity contribution in [1.82, 2.24) is 14.9 Å². The van der Waals surface area contributed by atoms with E-state index in [1.165, 1.54) is 6.07 Å². The molecular formula is C26H40FN3O3Si. The van der Waals surface area contributed by atoms with E-state index in [4.69, 9.17) is 14.1 Å². The number of ether oxygens (including phenoxy) is 1. The first-order valence-electron chi connectivity index (χ1n) is 12.0. The number of benzene rings is 1. The maximum Gasteiger partial charge on any atom is 0.410 e. The number of amides is 1. The number of aryl methyl sites for hydroxylation is 1. The van der Waals surface area contributed by atoms with E-state index < -0.39 is 19.5 Å². The van der Waals surface area contributed by atoms with Crippen LogP contribution in [-0.4, -0.2) is 48.0 Å². The monoisotopic (exact) mass is 489 g/mol. The number of hydrogen-bond donors (Lipinski definition) is 1. The summed E-state index contributed by atoms with van der Waals surface area (Å²) < 4.78 is 26.4. The number of likely N-dealkylation sites (tertiary alicyclic amines) is 1. The molecule has 1 saturated heterocycles. The molecule has 0 bridgehead atoms. The molecule has 1 aliphatic heterocycles. The van der Waals surface area contributed by atoms with Crippen LogP contribution < -0.4 is 0 Å². The number of halogens is 1. The molecule has 0 radical (unpaired) electrons. The molecular weight excluding hydrogens is 449 g/mol. The van der Waals surface area contributed by atoms with Crippen LogP contribution in [0.4, 0.5) is 9.18 Å². The van der Waals surface area contributed by atoms with E-state index in [1.807, 2.05) is 26.8 Å². The molecule has 2 heterocycles. The van der Waals surface area contributed by atoms with Crippen molar-refractivity contribution in [3.05, 3.63) is 41.6 Å². The first-order valence-corrected chi connectivity index (χ1v) is 14.9. The van der Waals surface area contributed by atoms with Crippen LogP contribution in [0, 0.1) is 12.7 Å². The first kappa shape index (κ1) is 26.4. The average molecular weight is 490 g/mol. The largest absolute Gasteiger partial charge is 0.444 e. The maximum absolute atomic E-state index is 13.8. The number of piperidine rings is 1. The van der Waals surface area contributed by atoms with Gasteiger partial charge < -0.3 is 19.0 Å². The second-order valence-electron chi connectivity index (χ2n) is 11.9. The van der Waals surface area contributed by atoms with Gasteiger partial charge in [0.15, 0.2) is 8.32 Å². The number of carbonyl (C=O) groups is 1. The molecule has 0 spiro atoms. The Morgan fingerprint density at radius 1 is 1.15 bits per heavy atom. The summed E-state index contributed by atoms with van der Waals surface area (Å²) in [6.07, 6.45) is 2.73. The Hall–Kier alpha value is -2.19. The highest BCUT2D eigenvalue weighted by Crippen LogP contribution is 2.45. The molecule has 3 rings (SSSR count). The van der Waals surface area contributed by atoms with Crippen LogP contribution in [0.25, 0.3) is 11.3 Å². The summed E-state index contributed by atoms with van der Waals surface area (Å²) in [4.78, 5) is 22.6. The number of nitrogens with one attached hydrogen (secondary N) is 1. The van der Waals surface area contributed by atoms with Gasteiger partial charge in [-0.15, -0.1) is 0 Å². The van der Waals surface area contributed by atoms with Gasteiger partial charge in [-0.2, -0.15) is 0 Å². The zero-order chi connectivity index (χ0) is 25.5. The lowest BCUT2D eigenvalue weighted by molar-refractivity contribution is -0.0318. The molecule has 188 valence electrons. The molecule has 1 aromatic carbocycles. The Morgan fingerprint density at radius 3 is 2.29 bits per heavy atom. The average Bonchev–Trinajstić information content (AvgIpc) is 3.19. The number of H-pyrrole nitrogens is 1. The summed E-state index contributed by atoms with van der Waals surface area (Å²) in [6, 6.07) is 5.05. The SMILES string of the molecule is Cc1cc(-c2cnc(C3(O[Si](C)(C)C(C)(C)C)CCN(C(=O)OC(C)(C)C)CC3)[nH]2)ccc1F. The van der Waals surface area contributed by atoms with Gasteiger partial charge in [0.1, 0.15) is 22.8 Å². The van der Waals surface area contributed by atoms with Crippen LogP contribution in [0.5, 0.6) is 0 Å². The van der Waals surface area contributed by atoms with Crippen LogP contribution in [0.2, 0.25) is 18.1 Å². The zero-order valence-corrected chi connectivity index (χ0v) is 23.1. The van der Waals surface area contributed by atoms with Gasteiger partial charge >= 0.3 is 6.09 Å². The molecule has 34 heavy (non-hydrogen) atoms. The van der Waals surface area contributed by atoms with E-state index in [1.54, 1.807) is 24.1 Å². The second-order valence-corrected chi connectivity index (χ2v) is 16.7. The Bertz CT molecular complexity index is 1030. The Balaban J connectivity index is 1.92. The molecule has 1 amide bonds. The fourth-order valence-electron chi connectivity index (χ4n) is 3.92. The topological polar surface area (TPSA) is 67.4 Å². The van der Waals surface area contributed by atoms with Crippen molar-refractivity contribution in [2.75, 3.05) is 13.1 Å². The highest BCUT2D eigenvalue weighted by atomic mass is 28.4. The number of aromatic nitrogens is 2. The van der Waals surface area contributed by atoms with Gasteiger partial charge in [0.25, 0.3) is 0 Å². The van der Waals surface area contributed by atoms with Gasteiger partial charge in [-0.3, -0.25) is 0 Å². The minimum atomic E-state index is -2.17. The molecule has 2 aromatic rings. The van der Waals surface area contributed by atoms with E-state index >= 15 is 0 Å². The van der Waals surface area contributed by atoms with Crippen molar-refractivity contribution in [3.8, 4) is 11.3 Å². The lowest BCUT2D eigenvalue weighted by Crippen LogP contribution is -2.54. The Morgan fingerprint density at radius 2 is 1.76 bits per heavy atom. The van der Waals surface area contributed by atoms with Crippen LogP contribution >= 0.6 is 0 Å². The van der Waals surface area contributed by atoms with Crippen molar-refractivity contribution in [3.63, 3.8) is 0 Å². The van der Waals surface area contributed by atoms with Crippen molar-refractivity contribution in [2.45, 2.75) is 90.6 Å². The zero-order valence-electron chi connectivity index (χ0n) is 22.1. The van der Waals surface area contributed by atoms with Gasteiger partial charge in [0.2, 0.25) is 0 Å². The quantitative estimate of drug-likeness (QED) is 0.481. The molecule has 8 heteroatoms. The summed E-state index contributed by atoms with van der Waals surface area (Å²) >= 11 is 0. The third-order valence-corrected chi connectivity index (χ3v) is 11.5. The van der Waals surface area contributed by atoms with Gasteiger partial charge in [-0.05, 0) is 69.6 Å². The van der Waals surface area contributed by atoms with Gasteiger partial charge in [-0.1, -0.05) is 20.8 Å².